The number of para-hydroxylation sites is 1. The number of carbonyl (C=O) groups excluding carboxylic acids is 3. The normalized spacial score (nSPS) is 30.8. The van der Waals surface area contributed by atoms with Crippen LogP contribution in [0, 0.1) is 29.6 Å². The second-order valence-corrected chi connectivity index (χ2v) is 14.4. The highest BCUT2D eigenvalue weighted by Gasteiger charge is 2.69. The first-order valence-corrected chi connectivity index (χ1v) is 16.6. The molecule has 0 spiro atoms. The first-order valence-electron chi connectivity index (χ1n) is 14.5. The van der Waals surface area contributed by atoms with Gasteiger partial charge in [-0.3, -0.25) is 24.1 Å². The molecule has 9 nitrogen and oxygen atoms in total. The third kappa shape index (κ3) is 4.30. The number of H-pyrrole nitrogens is 1. The van der Waals surface area contributed by atoms with E-state index in [9.17, 15) is 19.2 Å². The maximum Gasteiger partial charge on any atom is 0.305 e. The van der Waals surface area contributed by atoms with Crippen molar-refractivity contribution in [2.75, 3.05) is 37.8 Å². The number of aromatic amines is 1. The lowest BCUT2D eigenvalue weighted by atomic mass is 9.68. The number of thioether (sulfide) groups is 1. The van der Waals surface area contributed by atoms with E-state index < -0.39 is 5.92 Å². The molecule has 1 aromatic heterocycles. The minimum Gasteiger partial charge on any atom is -0.483 e. The Morgan fingerprint density at radius 1 is 1.02 bits per heavy atom. The van der Waals surface area contributed by atoms with Crippen LogP contribution in [0.15, 0.2) is 58.4 Å². The molecule has 1 N–H and O–H groups in total. The molecule has 222 valence electrons. The maximum atomic E-state index is 14.0. The Morgan fingerprint density at radius 2 is 1.77 bits per heavy atom. The highest BCUT2D eigenvalue weighted by molar-refractivity contribution is 8.00. The summed E-state index contributed by atoms with van der Waals surface area (Å²) in [6, 6.07) is 14.5. The van der Waals surface area contributed by atoms with Gasteiger partial charge >= 0.3 is 4.87 Å². The predicted octanol–water partition coefficient (Wildman–Crippen LogP) is 4.01. The average Bonchev–Trinajstić information content (AvgIpc) is 3.76. The first kappa shape index (κ1) is 27.4. The van der Waals surface area contributed by atoms with Gasteiger partial charge in [-0.15, -0.1) is 11.8 Å². The van der Waals surface area contributed by atoms with Gasteiger partial charge in [0.2, 0.25) is 11.8 Å². The number of anilines is 1. The number of carbonyl (C=O) groups is 3. The molecule has 12 heteroatoms. The number of hydrogen-bond acceptors (Lipinski definition) is 8. The molecule has 4 heterocycles. The van der Waals surface area contributed by atoms with Crippen molar-refractivity contribution in [2.45, 2.75) is 22.6 Å². The lowest BCUT2D eigenvalue weighted by Crippen LogP contribution is -2.43. The lowest BCUT2D eigenvalue weighted by Gasteiger charge is -2.43. The van der Waals surface area contributed by atoms with Crippen molar-refractivity contribution >= 4 is 58.1 Å². The van der Waals surface area contributed by atoms with E-state index in [0.29, 0.717) is 42.8 Å². The van der Waals surface area contributed by atoms with Crippen LogP contribution in [0.4, 0.5) is 5.69 Å². The summed E-state index contributed by atoms with van der Waals surface area (Å²) in [4.78, 5) is 60.3. The van der Waals surface area contributed by atoms with Crippen LogP contribution in [0.3, 0.4) is 0 Å². The van der Waals surface area contributed by atoms with Crippen molar-refractivity contribution in [3.05, 3.63) is 73.7 Å². The predicted molar refractivity (Wildman–Crippen MR) is 162 cm³/mol. The Labute approximate surface area is 260 Å². The number of imide groups is 1. The van der Waals surface area contributed by atoms with Gasteiger partial charge in [-0.2, -0.15) is 0 Å². The lowest BCUT2D eigenvalue weighted by molar-refractivity contribution is -0.137. The molecule has 0 unspecified atom stereocenters. The number of benzene rings is 2. The monoisotopic (exact) mass is 637 g/mol. The first-order chi connectivity index (χ1) is 20.9. The van der Waals surface area contributed by atoms with E-state index in [-0.39, 0.29) is 64.0 Å². The number of nitrogens with zero attached hydrogens (tertiary/aromatic N) is 2. The van der Waals surface area contributed by atoms with Crippen molar-refractivity contribution in [3.63, 3.8) is 0 Å². The van der Waals surface area contributed by atoms with Gasteiger partial charge in [0.05, 0.1) is 35.8 Å². The van der Waals surface area contributed by atoms with Gasteiger partial charge in [0.25, 0.3) is 5.91 Å². The summed E-state index contributed by atoms with van der Waals surface area (Å²) in [5.41, 5.74) is 1.41. The smallest absolute Gasteiger partial charge is 0.305 e. The molecule has 7 atom stereocenters. The van der Waals surface area contributed by atoms with Gasteiger partial charge < -0.3 is 19.4 Å². The molecule has 4 fully saturated rings. The van der Waals surface area contributed by atoms with Gasteiger partial charge in [0.15, 0.2) is 6.61 Å². The molecule has 3 amide bonds. The molecule has 3 aromatic rings. The summed E-state index contributed by atoms with van der Waals surface area (Å²) in [6.07, 6.45) is 0.778. The number of halogens is 1. The molecule has 2 aliphatic carbocycles. The minimum absolute atomic E-state index is 0.000616. The van der Waals surface area contributed by atoms with E-state index in [1.54, 1.807) is 40.9 Å². The number of ether oxygens (including phenoxy) is 2. The molecule has 43 heavy (non-hydrogen) atoms. The van der Waals surface area contributed by atoms with Crippen molar-refractivity contribution in [3.8, 4) is 5.75 Å². The molecule has 5 aliphatic rings. The van der Waals surface area contributed by atoms with E-state index in [1.807, 2.05) is 24.3 Å². The fraction of sp³-hybridized carbons (Fsp3) is 0.419. The quantitative estimate of drug-likeness (QED) is 0.421. The third-order valence-electron chi connectivity index (χ3n) is 9.76. The van der Waals surface area contributed by atoms with Crippen LogP contribution in [-0.2, 0) is 19.1 Å². The van der Waals surface area contributed by atoms with E-state index in [4.69, 9.17) is 21.1 Å². The number of fused-ring (bicyclic) bond motifs is 9. The van der Waals surface area contributed by atoms with Gasteiger partial charge in [-0.05, 0) is 54.5 Å². The molecule has 8 rings (SSSR count). The van der Waals surface area contributed by atoms with Crippen molar-refractivity contribution in [1.29, 1.82) is 0 Å². The van der Waals surface area contributed by atoms with Crippen molar-refractivity contribution in [1.82, 2.24) is 9.88 Å². The zero-order valence-electron chi connectivity index (χ0n) is 22.9. The molecule has 2 aromatic carbocycles. The molecule has 2 saturated heterocycles. The minimum atomic E-state index is -0.411. The Morgan fingerprint density at radius 3 is 2.53 bits per heavy atom. The van der Waals surface area contributed by atoms with Crippen LogP contribution in [0.2, 0.25) is 5.02 Å². The number of thiazole rings is 1. The Bertz CT molecular complexity index is 1690. The summed E-state index contributed by atoms with van der Waals surface area (Å²) in [5.74, 6) is -0.966. The van der Waals surface area contributed by atoms with E-state index in [0.717, 1.165) is 21.9 Å². The number of aromatic nitrogens is 1. The van der Waals surface area contributed by atoms with Gasteiger partial charge in [-0.25, -0.2) is 0 Å². The van der Waals surface area contributed by atoms with Crippen molar-refractivity contribution < 1.29 is 23.9 Å². The van der Waals surface area contributed by atoms with Crippen molar-refractivity contribution in [2.24, 2.45) is 29.6 Å². The highest BCUT2D eigenvalue weighted by atomic mass is 35.5. The summed E-state index contributed by atoms with van der Waals surface area (Å²) >= 11 is 9.38. The second-order valence-electron chi connectivity index (χ2n) is 11.8. The standard InChI is InChI=1S/C31H28ClN3O6S2/c32-15-6-7-20(41-14-21(36)34-8-10-40-11-9-34)17(12-15)22-23-18-13-19(26(23)42-28-27(22)43-31(39)33-28)25-24(18)29(37)35(30(25)38)16-4-2-1-3-5-16/h1-7,12,18-19,22-26H,8-11,13-14H2,(H,33,39)/t18-,19-,22+,23-,24+,25+,26-/m1/s1. The van der Waals surface area contributed by atoms with E-state index >= 15 is 0 Å². The van der Waals surface area contributed by atoms with Crippen LogP contribution < -0.4 is 14.5 Å². The van der Waals surface area contributed by atoms with Crippen LogP contribution >= 0.6 is 34.7 Å². The van der Waals surface area contributed by atoms with Gasteiger partial charge in [0, 0.05) is 39.7 Å². The van der Waals surface area contributed by atoms with Crippen LogP contribution in [0.25, 0.3) is 0 Å². The second kappa shape index (κ2) is 10.5. The summed E-state index contributed by atoms with van der Waals surface area (Å²) in [6.45, 7) is 1.93. The molecular formula is C31H28ClN3O6S2. The van der Waals surface area contributed by atoms with Gasteiger partial charge in [-0.1, -0.05) is 41.1 Å². The fourth-order valence-corrected chi connectivity index (χ4v) is 11.2. The summed E-state index contributed by atoms with van der Waals surface area (Å²) < 4.78 is 11.6. The largest absolute Gasteiger partial charge is 0.483 e. The topological polar surface area (TPSA) is 109 Å². The Balaban J connectivity index is 1.17. The fourth-order valence-electron chi connectivity index (χ4n) is 8.13. The van der Waals surface area contributed by atoms with Crippen LogP contribution in [-0.4, -0.2) is 65.8 Å². The zero-order chi connectivity index (χ0) is 29.4. The Hall–Kier alpha value is -3.12. The highest BCUT2D eigenvalue weighted by Crippen LogP contribution is 2.69. The van der Waals surface area contributed by atoms with Gasteiger partial charge in [0.1, 0.15) is 5.75 Å². The molecule has 0 radical (unpaired) electrons. The molecule has 3 aliphatic heterocycles. The number of amides is 3. The Kier molecular flexibility index (Phi) is 6.70. The van der Waals surface area contributed by atoms with Crippen LogP contribution in [0.5, 0.6) is 5.75 Å². The average molecular weight is 638 g/mol. The summed E-state index contributed by atoms with van der Waals surface area (Å²) in [5, 5.41) is 1.35. The number of hydrogen-bond donors (Lipinski definition) is 1. The molecule has 2 bridgehead atoms. The van der Waals surface area contributed by atoms with E-state index in [2.05, 4.69) is 4.98 Å². The third-order valence-corrected chi connectivity index (χ3v) is 12.6. The summed E-state index contributed by atoms with van der Waals surface area (Å²) in [7, 11) is 0. The van der Waals surface area contributed by atoms with E-state index in [1.165, 1.54) is 16.2 Å². The SMILES string of the molecule is O=C(COc1ccc(Cl)cc1[C@@H]1c2sc(=O)[nH]c2S[C@@H]2[C@@H]3C[C@@H]([C@@H]4C(=O)N(c5ccccc5)C(=O)[C@@H]34)[C@H]12)N1CCOCC1. The number of nitrogens with one attached hydrogen (secondary N) is 1. The van der Waals surface area contributed by atoms with Crippen LogP contribution in [0.1, 0.15) is 22.8 Å². The number of rotatable bonds is 5. The molecular weight excluding hydrogens is 610 g/mol. The zero-order valence-corrected chi connectivity index (χ0v) is 25.3. The number of morpholine rings is 1. The maximum absolute atomic E-state index is 14.0. The molecule has 2 saturated carbocycles.